The van der Waals surface area contributed by atoms with Crippen molar-refractivity contribution in [3.8, 4) is 0 Å². The van der Waals surface area contributed by atoms with Gasteiger partial charge in [0.15, 0.2) is 0 Å². The molecule has 0 fully saturated rings. The number of hydrogen-bond acceptors (Lipinski definition) is 4. The number of aromatic nitrogens is 3. The van der Waals surface area contributed by atoms with E-state index < -0.39 is 6.10 Å². The van der Waals surface area contributed by atoms with Gasteiger partial charge in [0.25, 0.3) is 0 Å². The summed E-state index contributed by atoms with van der Waals surface area (Å²) in [5.41, 5.74) is 0. The van der Waals surface area contributed by atoms with Crippen LogP contribution >= 0.6 is 0 Å². The van der Waals surface area contributed by atoms with Crippen molar-refractivity contribution in [3.05, 3.63) is 12.7 Å². The lowest BCUT2D eigenvalue weighted by atomic mass is 10.4. The lowest BCUT2D eigenvalue weighted by Gasteiger charge is -2.08. The van der Waals surface area contributed by atoms with Crippen LogP contribution in [0.5, 0.6) is 0 Å². The third-order valence-electron chi connectivity index (χ3n) is 1.25. The highest BCUT2D eigenvalue weighted by atomic mass is 16.5. The standard InChI is InChI=1S/C6H11N3O2/c1-11-3-6(10)2-9-4-7-8-5-9/h4-6,10H,2-3H2,1H3/t6-/m0/s1. The molecule has 0 saturated carbocycles. The lowest BCUT2D eigenvalue weighted by Crippen LogP contribution is -2.20. The van der Waals surface area contributed by atoms with Gasteiger partial charge in [0, 0.05) is 7.11 Å². The Bertz CT molecular complexity index is 188. The lowest BCUT2D eigenvalue weighted by molar-refractivity contribution is 0.0536. The summed E-state index contributed by atoms with van der Waals surface area (Å²) >= 11 is 0. The molecular formula is C6H11N3O2. The fraction of sp³-hybridized carbons (Fsp3) is 0.667. The van der Waals surface area contributed by atoms with Crippen LogP contribution in [0.2, 0.25) is 0 Å². The third-order valence-corrected chi connectivity index (χ3v) is 1.25. The van der Waals surface area contributed by atoms with Gasteiger partial charge in [0.1, 0.15) is 12.7 Å². The van der Waals surface area contributed by atoms with Gasteiger partial charge in [0.05, 0.1) is 19.3 Å². The predicted molar refractivity (Wildman–Crippen MR) is 37.9 cm³/mol. The summed E-state index contributed by atoms with van der Waals surface area (Å²) in [4.78, 5) is 0. The van der Waals surface area contributed by atoms with Gasteiger partial charge in [-0.1, -0.05) is 0 Å². The highest BCUT2D eigenvalue weighted by Crippen LogP contribution is 1.90. The fourth-order valence-corrected chi connectivity index (χ4v) is 0.805. The number of ether oxygens (including phenoxy) is 1. The topological polar surface area (TPSA) is 60.2 Å². The van der Waals surface area contributed by atoms with Gasteiger partial charge in [-0.2, -0.15) is 0 Å². The van der Waals surface area contributed by atoms with Crippen LogP contribution in [0.1, 0.15) is 0 Å². The Morgan fingerprint density at radius 2 is 2.18 bits per heavy atom. The van der Waals surface area contributed by atoms with Gasteiger partial charge in [-0.25, -0.2) is 0 Å². The number of hydrogen-bond donors (Lipinski definition) is 1. The van der Waals surface area contributed by atoms with Crippen LogP contribution in [0.3, 0.4) is 0 Å². The fourth-order valence-electron chi connectivity index (χ4n) is 0.805. The molecule has 0 spiro atoms. The number of rotatable bonds is 4. The first-order chi connectivity index (χ1) is 5.33. The molecule has 0 radical (unpaired) electrons. The Kier molecular flexibility index (Phi) is 3.00. The minimum absolute atomic E-state index is 0.332. The number of nitrogens with zero attached hydrogens (tertiary/aromatic N) is 3. The summed E-state index contributed by atoms with van der Waals surface area (Å²) in [5, 5.41) is 16.4. The van der Waals surface area contributed by atoms with Crippen molar-refractivity contribution in [2.75, 3.05) is 13.7 Å². The SMILES string of the molecule is COC[C@@H](O)Cn1cnnc1. The zero-order chi connectivity index (χ0) is 8.10. The maximum atomic E-state index is 9.22. The molecule has 1 aromatic rings. The van der Waals surface area contributed by atoms with E-state index in [9.17, 15) is 5.11 Å². The molecule has 62 valence electrons. The highest BCUT2D eigenvalue weighted by molar-refractivity contribution is 4.63. The van der Waals surface area contributed by atoms with Crippen molar-refractivity contribution in [2.24, 2.45) is 0 Å². The van der Waals surface area contributed by atoms with Crippen LogP contribution < -0.4 is 0 Å². The van der Waals surface area contributed by atoms with Gasteiger partial charge < -0.3 is 14.4 Å². The van der Waals surface area contributed by atoms with Crippen LogP contribution in [0, 0.1) is 0 Å². The summed E-state index contributed by atoms with van der Waals surface area (Å²) in [5.74, 6) is 0. The van der Waals surface area contributed by atoms with Crippen LogP contribution in [-0.2, 0) is 11.3 Å². The molecule has 5 heteroatoms. The molecule has 5 nitrogen and oxygen atoms in total. The predicted octanol–water partition coefficient (Wildman–Crippen LogP) is -0.715. The van der Waals surface area contributed by atoms with Crippen molar-refractivity contribution in [3.63, 3.8) is 0 Å². The Balaban J connectivity index is 2.31. The van der Waals surface area contributed by atoms with E-state index in [1.807, 2.05) is 0 Å². The van der Waals surface area contributed by atoms with E-state index in [1.54, 1.807) is 24.3 Å². The van der Waals surface area contributed by atoms with E-state index in [0.29, 0.717) is 13.2 Å². The smallest absolute Gasteiger partial charge is 0.119 e. The molecule has 0 aliphatic rings. The summed E-state index contributed by atoms with van der Waals surface area (Å²) in [6, 6.07) is 0. The Hall–Kier alpha value is -0.940. The van der Waals surface area contributed by atoms with Crippen LogP contribution in [-0.4, -0.2) is 39.7 Å². The first kappa shape index (κ1) is 8.16. The Morgan fingerprint density at radius 1 is 1.55 bits per heavy atom. The molecule has 0 unspecified atom stereocenters. The van der Waals surface area contributed by atoms with Crippen LogP contribution in [0.15, 0.2) is 12.7 Å². The first-order valence-corrected chi connectivity index (χ1v) is 3.32. The summed E-state index contributed by atoms with van der Waals surface area (Å²) < 4.78 is 6.45. The van der Waals surface area contributed by atoms with Gasteiger partial charge in [-0.3, -0.25) is 0 Å². The minimum Gasteiger partial charge on any atom is -0.389 e. The van der Waals surface area contributed by atoms with Crippen molar-refractivity contribution in [2.45, 2.75) is 12.6 Å². The largest absolute Gasteiger partial charge is 0.389 e. The van der Waals surface area contributed by atoms with Crippen molar-refractivity contribution in [1.82, 2.24) is 14.8 Å². The molecule has 1 atom stereocenters. The molecule has 11 heavy (non-hydrogen) atoms. The van der Waals surface area contributed by atoms with E-state index in [4.69, 9.17) is 4.74 Å². The second kappa shape index (κ2) is 4.05. The highest BCUT2D eigenvalue weighted by Gasteiger charge is 2.02. The summed E-state index contributed by atoms with van der Waals surface area (Å²) in [7, 11) is 1.55. The average molecular weight is 157 g/mol. The number of aliphatic hydroxyl groups excluding tert-OH is 1. The minimum atomic E-state index is -0.490. The zero-order valence-electron chi connectivity index (χ0n) is 6.34. The van der Waals surface area contributed by atoms with Crippen LogP contribution in [0.25, 0.3) is 0 Å². The van der Waals surface area contributed by atoms with Crippen molar-refractivity contribution >= 4 is 0 Å². The molecular weight excluding hydrogens is 146 g/mol. The normalized spacial score (nSPS) is 13.3. The quantitative estimate of drug-likeness (QED) is 0.627. The molecule has 0 saturated heterocycles. The molecule has 1 heterocycles. The zero-order valence-corrected chi connectivity index (χ0v) is 6.34. The molecule has 0 aliphatic carbocycles. The molecule has 1 aromatic heterocycles. The summed E-state index contributed by atoms with van der Waals surface area (Å²) in [6.07, 6.45) is 2.62. The maximum Gasteiger partial charge on any atom is 0.119 e. The Morgan fingerprint density at radius 3 is 2.73 bits per heavy atom. The molecule has 0 aromatic carbocycles. The van der Waals surface area contributed by atoms with Gasteiger partial charge in [-0.05, 0) is 0 Å². The number of aliphatic hydroxyl groups is 1. The molecule has 1 N–H and O–H groups in total. The maximum absolute atomic E-state index is 9.22. The Labute approximate surface area is 64.6 Å². The van der Waals surface area contributed by atoms with Gasteiger partial charge in [0.2, 0.25) is 0 Å². The number of methoxy groups -OCH3 is 1. The average Bonchev–Trinajstić information content (AvgIpc) is 2.40. The van der Waals surface area contributed by atoms with Crippen LogP contribution in [0.4, 0.5) is 0 Å². The second-order valence-corrected chi connectivity index (χ2v) is 2.27. The molecule has 0 aliphatic heterocycles. The van der Waals surface area contributed by atoms with E-state index in [2.05, 4.69) is 10.2 Å². The van der Waals surface area contributed by atoms with E-state index in [1.165, 1.54) is 0 Å². The third kappa shape index (κ3) is 2.65. The second-order valence-electron chi connectivity index (χ2n) is 2.27. The monoisotopic (exact) mass is 157 g/mol. The van der Waals surface area contributed by atoms with Crippen molar-refractivity contribution in [1.29, 1.82) is 0 Å². The molecule has 0 amide bonds. The molecule has 0 bridgehead atoms. The van der Waals surface area contributed by atoms with Gasteiger partial charge >= 0.3 is 0 Å². The summed E-state index contributed by atoms with van der Waals surface area (Å²) in [6.45, 7) is 0.805. The van der Waals surface area contributed by atoms with Gasteiger partial charge in [-0.15, -0.1) is 10.2 Å². The van der Waals surface area contributed by atoms with Crippen molar-refractivity contribution < 1.29 is 9.84 Å². The van der Waals surface area contributed by atoms with E-state index in [-0.39, 0.29) is 0 Å². The first-order valence-electron chi connectivity index (χ1n) is 3.32. The van der Waals surface area contributed by atoms with E-state index >= 15 is 0 Å². The van der Waals surface area contributed by atoms with E-state index in [0.717, 1.165) is 0 Å². The molecule has 1 rings (SSSR count).